The Hall–Kier alpha value is -3.72. The Bertz CT molecular complexity index is 1020. The summed E-state index contributed by atoms with van der Waals surface area (Å²) in [6.45, 7) is 0.740. The molecule has 2 aromatic carbocycles. The number of hydroxylamine groups is 1. The molecule has 0 fully saturated rings. The maximum absolute atomic E-state index is 12.7. The molecule has 1 aliphatic rings. The third kappa shape index (κ3) is 5.30. The van der Waals surface area contributed by atoms with Gasteiger partial charge in [-0.1, -0.05) is 6.07 Å². The van der Waals surface area contributed by atoms with Crippen LogP contribution in [-0.4, -0.2) is 56.4 Å². The second-order valence-corrected chi connectivity index (χ2v) is 7.05. The molecular formula is C23H26N2O7. The molecule has 0 spiro atoms. The summed E-state index contributed by atoms with van der Waals surface area (Å²) in [5, 5.41) is 8.55. The van der Waals surface area contributed by atoms with E-state index in [1.54, 1.807) is 43.4 Å². The van der Waals surface area contributed by atoms with Crippen molar-refractivity contribution in [1.29, 1.82) is 0 Å². The van der Waals surface area contributed by atoms with E-state index < -0.39 is 5.91 Å². The number of ether oxygens (including phenoxy) is 4. The highest BCUT2D eigenvalue weighted by molar-refractivity contribution is 5.92. The number of hydrogen-bond acceptors (Lipinski definition) is 7. The van der Waals surface area contributed by atoms with Crippen LogP contribution in [0.3, 0.4) is 0 Å². The molecule has 170 valence electrons. The lowest BCUT2D eigenvalue weighted by molar-refractivity contribution is -0.131. The van der Waals surface area contributed by atoms with Gasteiger partial charge in [0.15, 0.2) is 29.6 Å². The van der Waals surface area contributed by atoms with Gasteiger partial charge >= 0.3 is 0 Å². The molecule has 0 bridgehead atoms. The van der Waals surface area contributed by atoms with Gasteiger partial charge in [-0.05, 0) is 53.5 Å². The minimum atomic E-state index is -0.680. The standard InChI is InChI=1S/C23H26N2O7/c1-29-19-10-15(4-6-18(19)32-14-22(26)24-28)5-7-23(27)25-9-8-16-11-20(30-2)21(31-3)12-17(16)13-25/h4-7,10-12,28H,8-9,13-14H2,1-3H3,(H,24,26). The maximum Gasteiger partial charge on any atom is 0.281 e. The normalized spacial score (nSPS) is 12.8. The first-order valence-electron chi connectivity index (χ1n) is 9.93. The number of hydrogen-bond donors (Lipinski definition) is 2. The molecule has 2 N–H and O–H groups in total. The number of nitrogens with one attached hydrogen (secondary N) is 1. The minimum absolute atomic E-state index is 0.107. The first kappa shape index (κ1) is 23.0. The lowest BCUT2D eigenvalue weighted by Crippen LogP contribution is -2.34. The van der Waals surface area contributed by atoms with E-state index in [0.29, 0.717) is 36.1 Å². The monoisotopic (exact) mass is 442 g/mol. The minimum Gasteiger partial charge on any atom is -0.493 e. The van der Waals surface area contributed by atoms with Crippen LogP contribution in [0.1, 0.15) is 16.7 Å². The summed E-state index contributed by atoms with van der Waals surface area (Å²) in [7, 11) is 4.67. The summed E-state index contributed by atoms with van der Waals surface area (Å²) in [5.74, 6) is 1.28. The molecular weight excluding hydrogens is 416 g/mol. The van der Waals surface area contributed by atoms with Gasteiger partial charge in [-0.3, -0.25) is 14.8 Å². The molecule has 1 aliphatic heterocycles. The first-order valence-corrected chi connectivity index (χ1v) is 9.93. The van der Waals surface area contributed by atoms with E-state index in [1.165, 1.54) is 18.7 Å². The topological polar surface area (TPSA) is 107 Å². The van der Waals surface area contributed by atoms with E-state index in [4.69, 9.17) is 24.2 Å². The Kier molecular flexibility index (Phi) is 7.56. The van der Waals surface area contributed by atoms with Crippen molar-refractivity contribution in [2.24, 2.45) is 0 Å². The fourth-order valence-corrected chi connectivity index (χ4v) is 3.43. The summed E-state index contributed by atoms with van der Waals surface area (Å²) in [4.78, 5) is 25.7. The molecule has 0 radical (unpaired) electrons. The van der Waals surface area contributed by atoms with E-state index >= 15 is 0 Å². The van der Waals surface area contributed by atoms with Gasteiger partial charge in [-0.25, -0.2) is 5.48 Å². The number of rotatable bonds is 8. The smallest absolute Gasteiger partial charge is 0.281 e. The zero-order chi connectivity index (χ0) is 23.1. The van der Waals surface area contributed by atoms with Crippen molar-refractivity contribution >= 4 is 17.9 Å². The molecule has 0 aromatic heterocycles. The largest absolute Gasteiger partial charge is 0.493 e. The van der Waals surface area contributed by atoms with Crippen molar-refractivity contribution in [3.05, 3.63) is 53.1 Å². The van der Waals surface area contributed by atoms with Crippen molar-refractivity contribution < 1.29 is 33.7 Å². The quantitative estimate of drug-likeness (QED) is 0.367. The zero-order valence-electron chi connectivity index (χ0n) is 18.2. The van der Waals surface area contributed by atoms with E-state index in [9.17, 15) is 9.59 Å². The van der Waals surface area contributed by atoms with Gasteiger partial charge in [0.05, 0.1) is 21.3 Å². The molecule has 2 amide bonds. The Morgan fingerprint density at radius 1 is 1.00 bits per heavy atom. The van der Waals surface area contributed by atoms with Crippen LogP contribution in [0.4, 0.5) is 0 Å². The number of methoxy groups -OCH3 is 3. The molecule has 0 unspecified atom stereocenters. The second kappa shape index (κ2) is 10.5. The average Bonchev–Trinajstić information content (AvgIpc) is 2.84. The van der Waals surface area contributed by atoms with Crippen molar-refractivity contribution in [2.45, 2.75) is 13.0 Å². The predicted octanol–water partition coefficient (Wildman–Crippen LogP) is 2.19. The highest BCUT2D eigenvalue weighted by Gasteiger charge is 2.21. The molecule has 0 saturated heterocycles. The highest BCUT2D eigenvalue weighted by atomic mass is 16.5. The Morgan fingerprint density at radius 2 is 1.66 bits per heavy atom. The summed E-state index contributed by atoms with van der Waals surface area (Å²) in [6, 6.07) is 8.94. The van der Waals surface area contributed by atoms with Crippen molar-refractivity contribution in [2.75, 3.05) is 34.5 Å². The van der Waals surface area contributed by atoms with Crippen LogP contribution in [-0.2, 0) is 22.6 Å². The molecule has 2 aromatic rings. The van der Waals surface area contributed by atoms with E-state index in [0.717, 1.165) is 23.1 Å². The van der Waals surface area contributed by atoms with Crippen molar-refractivity contribution in [3.63, 3.8) is 0 Å². The van der Waals surface area contributed by atoms with Gasteiger partial charge in [0.25, 0.3) is 5.91 Å². The molecule has 0 atom stereocenters. The van der Waals surface area contributed by atoms with E-state index in [2.05, 4.69) is 0 Å². The molecule has 9 heteroatoms. The van der Waals surface area contributed by atoms with Crippen molar-refractivity contribution in [1.82, 2.24) is 10.4 Å². The van der Waals surface area contributed by atoms with Crippen LogP contribution in [0.5, 0.6) is 23.0 Å². The van der Waals surface area contributed by atoms with Gasteiger partial charge in [-0.15, -0.1) is 0 Å². The third-order valence-corrected chi connectivity index (χ3v) is 5.12. The lowest BCUT2D eigenvalue weighted by Gasteiger charge is -2.28. The van der Waals surface area contributed by atoms with Gasteiger partial charge in [0, 0.05) is 19.2 Å². The SMILES string of the molecule is COc1cc2c(cc1OC)CN(C(=O)C=Cc1ccc(OCC(=O)NO)c(OC)c1)CC2. The summed E-state index contributed by atoms with van der Waals surface area (Å²) in [5.41, 5.74) is 4.41. The summed E-state index contributed by atoms with van der Waals surface area (Å²) < 4.78 is 21.3. The Labute approximate surface area is 186 Å². The van der Waals surface area contributed by atoms with Gasteiger partial charge in [0.2, 0.25) is 5.91 Å². The summed E-state index contributed by atoms with van der Waals surface area (Å²) in [6.07, 6.45) is 3.94. The molecule has 32 heavy (non-hydrogen) atoms. The van der Waals surface area contributed by atoms with Gasteiger partial charge in [-0.2, -0.15) is 0 Å². The van der Waals surface area contributed by atoms with Crippen LogP contribution in [0.15, 0.2) is 36.4 Å². The zero-order valence-corrected chi connectivity index (χ0v) is 18.2. The fourth-order valence-electron chi connectivity index (χ4n) is 3.43. The fraction of sp³-hybridized carbons (Fsp3) is 0.304. The number of carbonyl (C=O) groups is 2. The lowest BCUT2D eigenvalue weighted by atomic mass is 9.98. The van der Waals surface area contributed by atoms with E-state index in [-0.39, 0.29) is 12.5 Å². The predicted molar refractivity (Wildman–Crippen MR) is 116 cm³/mol. The van der Waals surface area contributed by atoms with Crippen LogP contribution >= 0.6 is 0 Å². The molecule has 9 nitrogen and oxygen atoms in total. The Balaban J connectivity index is 1.68. The van der Waals surface area contributed by atoms with E-state index in [1.807, 2.05) is 12.1 Å². The van der Waals surface area contributed by atoms with Crippen LogP contribution < -0.4 is 24.4 Å². The van der Waals surface area contributed by atoms with Crippen molar-refractivity contribution in [3.8, 4) is 23.0 Å². The number of benzene rings is 2. The van der Waals surface area contributed by atoms with Crippen LogP contribution in [0, 0.1) is 0 Å². The maximum atomic E-state index is 12.7. The van der Waals surface area contributed by atoms with Crippen LogP contribution in [0.25, 0.3) is 6.08 Å². The Morgan fingerprint density at radius 3 is 2.31 bits per heavy atom. The number of nitrogens with zero attached hydrogens (tertiary/aromatic N) is 1. The molecule has 0 aliphatic carbocycles. The number of amides is 2. The van der Waals surface area contributed by atoms with Crippen LogP contribution in [0.2, 0.25) is 0 Å². The summed E-state index contributed by atoms with van der Waals surface area (Å²) >= 11 is 0. The number of carbonyl (C=O) groups excluding carboxylic acids is 2. The molecule has 0 saturated carbocycles. The first-order chi connectivity index (χ1) is 15.5. The highest BCUT2D eigenvalue weighted by Crippen LogP contribution is 2.33. The molecule has 1 heterocycles. The number of fused-ring (bicyclic) bond motifs is 1. The third-order valence-electron chi connectivity index (χ3n) is 5.12. The van der Waals surface area contributed by atoms with Gasteiger partial charge < -0.3 is 23.8 Å². The second-order valence-electron chi connectivity index (χ2n) is 7.05. The average molecular weight is 442 g/mol. The molecule has 3 rings (SSSR count). The van der Waals surface area contributed by atoms with Gasteiger partial charge in [0.1, 0.15) is 0 Å².